The second-order valence-corrected chi connectivity index (χ2v) is 7.00. The quantitative estimate of drug-likeness (QED) is 0.739. The normalized spacial score (nSPS) is 13.1. The average Bonchev–Trinajstić information content (AvgIpc) is 2.75. The fourth-order valence-electron chi connectivity index (χ4n) is 3.51. The van der Waals surface area contributed by atoms with Gasteiger partial charge in [-0.1, -0.05) is 36.4 Å². The summed E-state index contributed by atoms with van der Waals surface area (Å²) in [6, 6.07) is 16.7. The van der Waals surface area contributed by atoms with E-state index in [9.17, 15) is 9.18 Å². The van der Waals surface area contributed by atoms with Crippen molar-refractivity contribution in [1.29, 1.82) is 0 Å². The van der Waals surface area contributed by atoms with Gasteiger partial charge in [0.2, 0.25) is 0 Å². The number of anilines is 1. The third-order valence-electron chi connectivity index (χ3n) is 5.09. The molecule has 0 fully saturated rings. The van der Waals surface area contributed by atoms with Crippen LogP contribution in [0, 0.1) is 5.82 Å². The Hall–Kier alpha value is -3.21. The molecule has 1 amide bonds. The summed E-state index contributed by atoms with van der Waals surface area (Å²) in [7, 11) is 0. The highest BCUT2D eigenvalue weighted by Gasteiger charge is 2.17. The molecule has 0 saturated heterocycles. The summed E-state index contributed by atoms with van der Waals surface area (Å²) in [5.41, 5.74) is 5.21. The Labute approximate surface area is 164 Å². The molecule has 2 aromatic carbocycles. The summed E-state index contributed by atoms with van der Waals surface area (Å²) in [5.74, 6) is -0.398. The molecule has 2 heterocycles. The number of hydrogen-bond acceptors (Lipinski definition) is 3. The highest BCUT2D eigenvalue weighted by atomic mass is 19.1. The molecule has 0 saturated carbocycles. The second kappa shape index (κ2) is 8.21. The van der Waals surface area contributed by atoms with Crippen LogP contribution in [-0.4, -0.2) is 24.0 Å². The van der Waals surface area contributed by atoms with Crippen molar-refractivity contribution in [2.75, 3.05) is 18.0 Å². The van der Waals surface area contributed by atoms with Gasteiger partial charge in [-0.2, -0.15) is 0 Å². The largest absolute Gasteiger partial charge is 0.366 e. The monoisotopic (exact) mass is 375 g/mol. The maximum Gasteiger partial charge on any atom is 0.252 e. The Bertz CT molecular complexity index is 972. The highest BCUT2D eigenvalue weighted by Crippen LogP contribution is 2.24. The van der Waals surface area contributed by atoms with Crippen LogP contribution in [0.25, 0.3) is 0 Å². The molecule has 1 N–H and O–H groups in total. The molecule has 5 heteroatoms. The number of amides is 1. The summed E-state index contributed by atoms with van der Waals surface area (Å²) in [6.45, 7) is 2.23. The zero-order valence-corrected chi connectivity index (χ0v) is 15.6. The molecule has 28 heavy (non-hydrogen) atoms. The Morgan fingerprint density at radius 1 is 1.07 bits per heavy atom. The van der Waals surface area contributed by atoms with Crippen molar-refractivity contribution in [1.82, 2.24) is 10.3 Å². The lowest BCUT2D eigenvalue weighted by Crippen LogP contribution is -2.31. The third kappa shape index (κ3) is 4.19. The average molecular weight is 375 g/mol. The molecule has 4 rings (SSSR count). The van der Waals surface area contributed by atoms with Gasteiger partial charge in [0.1, 0.15) is 5.82 Å². The second-order valence-electron chi connectivity index (χ2n) is 7.00. The first-order valence-electron chi connectivity index (χ1n) is 9.48. The van der Waals surface area contributed by atoms with Gasteiger partial charge < -0.3 is 10.2 Å². The van der Waals surface area contributed by atoms with Crippen LogP contribution in [0.15, 0.2) is 67.0 Å². The van der Waals surface area contributed by atoms with Crippen molar-refractivity contribution < 1.29 is 9.18 Å². The van der Waals surface area contributed by atoms with Crippen LogP contribution in [0.3, 0.4) is 0 Å². The van der Waals surface area contributed by atoms with E-state index in [1.165, 1.54) is 23.3 Å². The Balaban J connectivity index is 1.38. The lowest BCUT2D eigenvalue weighted by atomic mass is 9.99. The predicted octanol–water partition coefficient (Wildman–Crippen LogP) is 3.76. The Morgan fingerprint density at radius 3 is 2.68 bits per heavy atom. The predicted molar refractivity (Wildman–Crippen MR) is 108 cm³/mol. The van der Waals surface area contributed by atoms with Gasteiger partial charge in [-0.05, 0) is 47.7 Å². The van der Waals surface area contributed by atoms with Gasteiger partial charge in [0, 0.05) is 25.8 Å². The highest BCUT2D eigenvalue weighted by molar-refractivity contribution is 5.94. The number of nitrogens with one attached hydrogen (secondary N) is 1. The zero-order chi connectivity index (χ0) is 19.3. The molecule has 0 aliphatic carbocycles. The number of benzene rings is 2. The van der Waals surface area contributed by atoms with Gasteiger partial charge in [0.15, 0.2) is 0 Å². The summed E-state index contributed by atoms with van der Waals surface area (Å²) in [6.07, 6.45) is 5.05. The fraction of sp³-hybridized carbons (Fsp3) is 0.217. The maximum atomic E-state index is 13.0. The molecule has 0 atom stereocenters. The number of rotatable bonds is 5. The van der Waals surface area contributed by atoms with Crippen molar-refractivity contribution in [2.24, 2.45) is 0 Å². The number of aromatic nitrogens is 1. The van der Waals surface area contributed by atoms with Crippen molar-refractivity contribution in [2.45, 2.75) is 19.4 Å². The SMILES string of the molecule is O=C(NCCc1ccc(F)cc1)c1cncc(N2CCc3ccccc3C2)c1. The zero-order valence-electron chi connectivity index (χ0n) is 15.6. The van der Waals surface area contributed by atoms with E-state index in [1.807, 2.05) is 12.3 Å². The van der Waals surface area contributed by atoms with E-state index in [1.54, 1.807) is 18.3 Å². The minimum absolute atomic E-state index is 0.145. The van der Waals surface area contributed by atoms with E-state index >= 15 is 0 Å². The van der Waals surface area contributed by atoms with Gasteiger partial charge in [-0.3, -0.25) is 9.78 Å². The Morgan fingerprint density at radius 2 is 1.86 bits per heavy atom. The van der Waals surface area contributed by atoms with Crippen LogP contribution >= 0.6 is 0 Å². The van der Waals surface area contributed by atoms with Gasteiger partial charge in [-0.25, -0.2) is 4.39 Å². The molecule has 0 unspecified atom stereocenters. The van der Waals surface area contributed by atoms with Crippen molar-refractivity contribution in [3.63, 3.8) is 0 Å². The van der Waals surface area contributed by atoms with Crippen LogP contribution in [0.4, 0.5) is 10.1 Å². The molecule has 0 radical (unpaired) electrons. The fourth-order valence-corrected chi connectivity index (χ4v) is 3.51. The van der Waals surface area contributed by atoms with Gasteiger partial charge in [-0.15, -0.1) is 0 Å². The topological polar surface area (TPSA) is 45.2 Å². The minimum atomic E-state index is -0.254. The van der Waals surface area contributed by atoms with Crippen molar-refractivity contribution in [3.8, 4) is 0 Å². The van der Waals surface area contributed by atoms with Gasteiger partial charge >= 0.3 is 0 Å². The maximum absolute atomic E-state index is 13.0. The number of halogens is 1. The van der Waals surface area contributed by atoms with Gasteiger partial charge in [0.05, 0.1) is 17.4 Å². The van der Waals surface area contributed by atoms with Crippen molar-refractivity contribution >= 4 is 11.6 Å². The number of fused-ring (bicyclic) bond motifs is 1. The smallest absolute Gasteiger partial charge is 0.252 e. The van der Waals surface area contributed by atoms with Crippen molar-refractivity contribution in [3.05, 3.63) is 95.1 Å². The van der Waals surface area contributed by atoms with E-state index in [0.29, 0.717) is 18.5 Å². The molecule has 3 aromatic rings. The van der Waals surface area contributed by atoms with Crippen LogP contribution in [0.1, 0.15) is 27.0 Å². The summed E-state index contributed by atoms with van der Waals surface area (Å²) in [5, 5.41) is 2.92. The van der Waals surface area contributed by atoms with Crippen LogP contribution in [0.5, 0.6) is 0 Å². The van der Waals surface area contributed by atoms with E-state index in [4.69, 9.17) is 0 Å². The molecular formula is C23H22FN3O. The first-order valence-corrected chi connectivity index (χ1v) is 9.48. The molecule has 1 aromatic heterocycles. The molecule has 4 nitrogen and oxygen atoms in total. The summed E-state index contributed by atoms with van der Waals surface area (Å²) >= 11 is 0. The lowest BCUT2D eigenvalue weighted by molar-refractivity contribution is 0.0954. The number of carbonyl (C=O) groups excluding carboxylic acids is 1. The molecule has 0 bridgehead atoms. The molecule has 0 spiro atoms. The van der Waals surface area contributed by atoms with E-state index in [-0.39, 0.29) is 11.7 Å². The first-order chi connectivity index (χ1) is 13.7. The van der Waals surface area contributed by atoms with Crippen LogP contribution < -0.4 is 10.2 Å². The molecule has 1 aliphatic rings. The Kier molecular flexibility index (Phi) is 5.33. The van der Waals surface area contributed by atoms with E-state index < -0.39 is 0 Å². The minimum Gasteiger partial charge on any atom is -0.366 e. The molecule has 142 valence electrons. The van der Waals surface area contributed by atoms with Crippen LogP contribution in [0.2, 0.25) is 0 Å². The van der Waals surface area contributed by atoms with Gasteiger partial charge in [0.25, 0.3) is 5.91 Å². The standard InChI is InChI=1S/C23H22FN3O/c24-21-7-5-17(6-8-21)9-11-26-23(28)20-13-22(15-25-14-20)27-12-10-18-3-1-2-4-19(18)16-27/h1-8,13-15H,9-12,16H2,(H,26,28). The third-order valence-corrected chi connectivity index (χ3v) is 5.09. The number of hydrogen-bond donors (Lipinski definition) is 1. The van der Waals surface area contributed by atoms with E-state index in [2.05, 4.69) is 39.5 Å². The van der Waals surface area contributed by atoms with E-state index in [0.717, 1.165) is 30.8 Å². The number of nitrogens with zero attached hydrogens (tertiary/aromatic N) is 2. The summed E-state index contributed by atoms with van der Waals surface area (Å²) in [4.78, 5) is 19.0. The lowest BCUT2D eigenvalue weighted by Gasteiger charge is -2.30. The number of carbonyl (C=O) groups is 1. The molecular weight excluding hydrogens is 353 g/mol. The van der Waals surface area contributed by atoms with Crippen LogP contribution in [-0.2, 0) is 19.4 Å². The molecule has 1 aliphatic heterocycles. The summed E-state index contributed by atoms with van der Waals surface area (Å²) < 4.78 is 13.0. The number of pyridine rings is 1. The first kappa shape index (κ1) is 18.2.